The van der Waals surface area contributed by atoms with Crippen LogP contribution < -0.4 is 15.2 Å². The van der Waals surface area contributed by atoms with Gasteiger partial charge in [-0.3, -0.25) is 9.59 Å². The number of hydrogen-bond acceptors (Lipinski definition) is 7. The van der Waals surface area contributed by atoms with Crippen LogP contribution in [0.15, 0.2) is 48.5 Å². The van der Waals surface area contributed by atoms with Crippen molar-refractivity contribution in [2.45, 2.75) is 51.5 Å². The van der Waals surface area contributed by atoms with Crippen molar-refractivity contribution >= 4 is 11.9 Å². The van der Waals surface area contributed by atoms with Gasteiger partial charge in [-0.1, -0.05) is 43.3 Å². The van der Waals surface area contributed by atoms with Crippen LogP contribution in [0.3, 0.4) is 0 Å². The van der Waals surface area contributed by atoms with Crippen LogP contribution in [0.2, 0.25) is 0 Å². The van der Waals surface area contributed by atoms with Crippen LogP contribution in [-0.4, -0.2) is 45.4 Å². The third kappa shape index (κ3) is 9.19. The number of ether oxygens (including phenoxy) is 4. The lowest BCUT2D eigenvalue weighted by Gasteiger charge is -2.14. The van der Waals surface area contributed by atoms with E-state index in [1.807, 2.05) is 55.5 Å². The molecule has 0 amide bonds. The first kappa shape index (κ1) is 27.5. The van der Waals surface area contributed by atoms with Crippen LogP contribution in [0.4, 0.5) is 0 Å². The number of carbonyl (C=O) groups excluding carboxylic acids is 2. The molecule has 0 bridgehead atoms. The number of hydrogen-bond donors (Lipinski definition) is 1. The Morgan fingerprint density at radius 2 is 1.22 bits per heavy atom. The molecule has 0 saturated heterocycles. The van der Waals surface area contributed by atoms with Crippen molar-refractivity contribution in [1.29, 1.82) is 0 Å². The van der Waals surface area contributed by atoms with Gasteiger partial charge in [-0.15, -0.1) is 0 Å². The van der Waals surface area contributed by atoms with E-state index < -0.39 is 12.0 Å². The minimum atomic E-state index is -0.638. The maximum Gasteiger partial charge on any atom is 0.322 e. The molecule has 0 heterocycles. The fourth-order valence-corrected chi connectivity index (χ4v) is 3.70. The predicted molar refractivity (Wildman–Crippen MR) is 138 cm³/mol. The largest absolute Gasteiger partial charge is 0.493 e. The molecule has 2 aliphatic rings. The molecule has 0 aliphatic heterocycles. The van der Waals surface area contributed by atoms with Gasteiger partial charge in [0.1, 0.15) is 17.5 Å². The molecule has 2 fully saturated rings. The van der Waals surface area contributed by atoms with Crippen molar-refractivity contribution in [2.75, 3.05) is 27.4 Å². The van der Waals surface area contributed by atoms with E-state index in [2.05, 4.69) is 4.74 Å². The standard InChI is InChI=1S/C15H20O3.C14H19NO3/c1-11(15(16)17-2)9-13-5-3-4-6-14(13)18-10-12-7-8-12;1-17-14(16)12(15)8-11-4-2-3-5-13(11)18-9-10-6-7-10/h3-6,11-12H,7-10H2,1-2H3;2-5,10,12H,6-9,15H2,1H3/t11-;12-/m01/s1. The maximum absolute atomic E-state index is 11.4. The van der Waals surface area contributed by atoms with E-state index in [9.17, 15) is 9.59 Å². The number of para-hydroxylation sites is 2. The van der Waals surface area contributed by atoms with E-state index in [-0.39, 0.29) is 11.9 Å². The van der Waals surface area contributed by atoms with E-state index in [0.29, 0.717) is 18.8 Å². The summed E-state index contributed by atoms with van der Waals surface area (Å²) in [4.78, 5) is 22.8. The molecule has 7 nitrogen and oxygen atoms in total. The van der Waals surface area contributed by atoms with E-state index in [0.717, 1.165) is 41.8 Å². The average Bonchev–Trinajstić information content (AvgIpc) is 3.82. The smallest absolute Gasteiger partial charge is 0.322 e. The second-order valence-electron chi connectivity index (χ2n) is 9.69. The zero-order chi connectivity index (χ0) is 25.9. The summed E-state index contributed by atoms with van der Waals surface area (Å²) < 4.78 is 21.0. The average molecular weight is 498 g/mol. The molecule has 0 spiro atoms. The first-order valence-corrected chi connectivity index (χ1v) is 12.7. The highest BCUT2D eigenvalue weighted by Gasteiger charge is 2.24. The van der Waals surface area contributed by atoms with Gasteiger partial charge in [0.25, 0.3) is 0 Å². The van der Waals surface area contributed by atoms with Gasteiger partial charge in [0.2, 0.25) is 0 Å². The number of benzene rings is 2. The van der Waals surface area contributed by atoms with Gasteiger partial charge in [0.05, 0.1) is 33.4 Å². The summed E-state index contributed by atoms with van der Waals surface area (Å²) >= 11 is 0. The second-order valence-corrected chi connectivity index (χ2v) is 9.69. The monoisotopic (exact) mass is 497 g/mol. The molecule has 4 rings (SSSR count). The third-order valence-corrected chi connectivity index (χ3v) is 6.36. The van der Waals surface area contributed by atoms with Crippen LogP contribution in [0, 0.1) is 17.8 Å². The summed E-state index contributed by atoms with van der Waals surface area (Å²) in [6.45, 7) is 3.43. The topological polar surface area (TPSA) is 97.1 Å². The van der Waals surface area contributed by atoms with Crippen LogP contribution in [0.25, 0.3) is 0 Å². The second kappa shape index (κ2) is 13.9. The van der Waals surface area contributed by atoms with Gasteiger partial charge >= 0.3 is 11.9 Å². The summed E-state index contributed by atoms with van der Waals surface area (Å²) in [5, 5.41) is 0. The number of nitrogens with two attached hydrogens (primary N) is 1. The Hall–Kier alpha value is -3.06. The normalized spacial score (nSPS) is 16.1. The minimum absolute atomic E-state index is 0.138. The van der Waals surface area contributed by atoms with Crippen molar-refractivity contribution < 1.29 is 28.5 Å². The van der Waals surface area contributed by atoms with Crippen LogP contribution in [0.1, 0.15) is 43.7 Å². The Balaban J connectivity index is 0.000000201. The molecule has 0 aromatic heterocycles. The maximum atomic E-state index is 11.4. The number of methoxy groups -OCH3 is 2. The highest BCUT2D eigenvalue weighted by Crippen LogP contribution is 2.31. The molecule has 2 aromatic carbocycles. The van der Waals surface area contributed by atoms with Gasteiger partial charge in [-0.25, -0.2) is 0 Å². The molecule has 7 heteroatoms. The van der Waals surface area contributed by atoms with Crippen molar-refractivity contribution in [1.82, 2.24) is 0 Å². The Morgan fingerprint density at radius 3 is 1.67 bits per heavy atom. The van der Waals surface area contributed by atoms with Crippen molar-refractivity contribution in [3.05, 3.63) is 59.7 Å². The SMILES string of the molecule is COC(=O)[C@@H](C)Cc1ccccc1OCC1CC1.COC(=O)[C@H](N)Cc1ccccc1OCC1CC1. The predicted octanol–water partition coefficient (Wildman–Crippen LogP) is 4.35. The zero-order valence-electron chi connectivity index (χ0n) is 21.6. The van der Waals surface area contributed by atoms with Gasteiger partial charge < -0.3 is 24.7 Å². The van der Waals surface area contributed by atoms with Gasteiger partial charge in [0, 0.05) is 6.42 Å². The van der Waals surface area contributed by atoms with E-state index >= 15 is 0 Å². The number of esters is 2. The fraction of sp³-hybridized carbons (Fsp3) is 0.517. The molecular weight excluding hydrogens is 458 g/mol. The minimum Gasteiger partial charge on any atom is -0.493 e. The molecule has 196 valence electrons. The highest BCUT2D eigenvalue weighted by atomic mass is 16.5. The molecule has 2 aliphatic carbocycles. The highest BCUT2D eigenvalue weighted by molar-refractivity contribution is 5.75. The summed E-state index contributed by atoms with van der Waals surface area (Å²) in [5.41, 5.74) is 7.80. The molecule has 0 radical (unpaired) electrons. The summed E-state index contributed by atoms with van der Waals surface area (Å²) in [7, 11) is 2.77. The van der Waals surface area contributed by atoms with Gasteiger partial charge in [0.15, 0.2) is 0 Å². The van der Waals surface area contributed by atoms with E-state index in [1.54, 1.807) is 0 Å². The summed E-state index contributed by atoms with van der Waals surface area (Å²) in [6, 6.07) is 15.0. The number of rotatable bonds is 12. The Kier molecular flexibility index (Phi) is 10.6. The Morgan fingerprint density at radius 1 is 0.778 bits per heavy atom. The lowest BCUT2D eigenvalue weighted by atomic mass is 10.0. The van der Waals surface area contributed by atoms with Crippen molar-refractivity contribution in [3.8, 4) is 11.5 Å². The molecule has 2 aromatic rings. The van der Waals surface area contributed by atoms with E-state index in [1.165, 1.54) is 39.9 Å². The first-order chi connectivity index (χ1) is 17.4. The fourth-order valence-electron chi connectivity index (χ4n) is 3.70. The van der Waals surface area contributed by atoms with Gasteiger partial charge in [-0.05, 0) is 67.2 Å². The molecule has 2 N–H and O–H groups in total. The van der Waals surface area contributed by atoms with E-state index in [4.69, 9.17) is 19.9 Å². The molecule has 2 saturated carbocycles. The first-order valence-electron chi connectivity index (χ1n) is 12.7. The Bertz CT molecular complexity index is 906. The van der Waals surface area contributed by atoms with Crippen LogP contribution in [0.5, 0.6) is 11.5 Å². The third-order valence-electron chi connectivity index (χ3n) is 6.36. The molecule has 36 heavy (non-hydrogen) atoms. The quantitative estimate of drug-likeness (QED) is 0.436. The summed E-state index contributed by atoms with van der Waals surface area (Å²) in [5.74, 6) is 2.45. The van der Waals surface area contributed by atoms with Crippen LogP contribution >= 0.6 is 0 Å². The molecule has 2 atom stereocenters. The van der Waals surface area contributed by atoms with Crippen molar-refractivity contribution in [3.63, 3.8) is 0 Å². The Labute approximate surface area is 214 Å². The van der Waals surface area contributed by atoms with Crippen LogP contribution in [-0.2, 0) is 31.9 Å². The van der Waals surface area contributed by atoms with Gasteiger partial charge in [-0.2, -0.15) is 0 Å². The van der Waals surface area contributed by atoms with Crippen molar-refractivity contribution in [2.24, 2.45) is 23.5 Å². The lowest BCUT2D eigenvalue weighted by Crippen LogP contribution is -2.33. The zero-order valence-corrected chi connectivity index (χ0v) is 21.6. The molecule has 0 unspecified atom stereocenters. The number of carbonyl (C=O) groups is 2. The summed E-state index contributed by atoms with van der Waals surface area (Å²) in [6.07, 6.45) is 6.16. The molecular formula is C29H39NO6. The lowest BCUT2D eigenvalue weighted by molar-refractivity contribution is -0.145.